The van der Waals surface area contributed by atoms with E-state index in [0.717, 1.165) is 50.5 Å². The number of aliphatic hydroxyl groups is 1. The molecule has 6 nitrogen and oxygen atoms in total. The van der Waals surface area contributed by atoms with Gasteiger partial charge in [-0.15, -0.1) is 0 Å². The average molecular weight is 412 g/mol. The highest BCUT2D eigenvalue weighted by atomic mass is 31.2. The monoisotopic (exact) mass is 412 g/mol. The van der Waals surface area contributed by atoms with E-state index in [4.69, 9.17) is 9.26 Å². The molecule has 0 amide bonds. The summed E-state index contributed by atoms with van der Waals surface area (Å²) in [5, 5.41) is 10.5. The number of benzene rings is 1. The van der Waals surface area contributed by atoms with Crippen LogP contribution in [0.3, 0.4) is 0 Å². The van der Waals surface area contributed by atoms with Crippen molar-refractivity contribution in [3.05, 3.63) is 23.3 Å². The molecule has 3 unspecified atom stereocenters. The van der Waals surface area contributed by atoms with Crippen LogP contribution in [0.25, 0.3) is 0 Å². The van der Waals surface area contributed by atoms with Crippen LogP contribution in [0.4, 0.5) is 0 Å². The smallest absolute Gasteiger partial charge is 0.487 e. The average Bonchev–Trinajstić information content (AvgIpc) is 2.87. The number of aliphatic hydroxyl groups excluding tert-OH is 1. The van der Waals surface area contributed by atoms with Gasteiger partial charge in [-0.25, -0.2) is 4.57 Å². The fraction of sp³-hybridized carbons (Fsp3) is 0.714. The van der Waals surface area contributed by atoms with E-state index in [-0.39, 0.29) is 23.2 Å². The molecular formula is C21H33O6P. The molecule has 1 saturated carbocycles. The minimum Gasteiger partial charge on any atom is -0.487 e. The van der Waals surface area contributed by atoms with Crippen LogP contribution in [0, 0.1) is 0 Å². The van der Waals surface area contributed by atoms with Crippen LogP contribution in [0.15, 0.2) is 12.1 Å². The Balaban J connectivity index is 2.02. The Hall–Kier alpha value is -1.07. The number of fused-ring (bicyclic) bond motifs is 3. The third-order valence-corrected chi connectivity index (χ3v) is 6.62. The zero-order valence-electron chi connectivity index (χ0n) is 17.1. The molecule has 0 saturated heterocycles. The van der Waals surface area contributed by atoms with Gasteiger partial charge in [-0.1, -0.05) is 52.9 Å². The lowest BCUT2D eigenvalue weighted by Crippen LogP contribution is -2.31. The summed E-state index contributed by atoms with van der Waals surface area (Å²) in [5.41, 5.74) is 1.46. The summed E-state index contributed by atoms with van der Waals surface area (Å²) in [4.78, 5) is 18.9. The lowest BCUT2D eigenvalue weighted by molar-refractivity contribution is 0.0361. The Morgan fingerprint density at radius 2 is 1.93 bits per heavy atom. The number of unbranched alkanes of at least 4 members (excludes halogenated alkanes) is 2. The molecule has 3 rings (SSSR count). The topological polar surface area (TPSA) is 96.2 Å². The minimum absolute atomic E-state index is 0.105. The molecule has 3 N–H and O–H groups in total. The van der Waals surface area contributed by atoms with Gasteiger partial charge in [-0.2, -0.15) is 0 Å². The molecule has 158 valence electrons. The predicted octanol–water partition coefficient (Wildman–Crippen LogP) is 4.80. The molecule has 0 spiro atoms. The normalized spacial score (nSPS) is 24.9. The molecule has 3 atom stereocenters. The van der Waals surface area contributed by atoms with Crippen LogP contribution in [0.1, 0.15) is 89.2 Å². The van der Waals surface area contributed by atoms with Crippen molar-refractivity contribution in [2.45, 2.75) is 95.7 Å². The highest BCUT2D eigenvalue weighted by molar-refractivity contribution is 7.46. The highest BCUT2D eigenvalue weighted by Gasteiger charge is 2.43. The number of phosphoric ester groups is 1. The van der Waals surface area contributed by atoms with Crippen LogP contribution < -0.4 is 9.26 Å². The minimum atomic E-state index is -4.71. The van der Waals surface area contributed by atoms with Gasteiger partial charge in [-0.3, -0.25) is 9.79 Å². The quantitative estimate of drug-likeness (QED) is 0.440. The number of hydrogen-bond donors (Lipinski definition) is 3. The molecule has 7 heteroatoms. The van der Waals surface area contributed by atoms with Gasteiger partial charge in [-0.05, 0) is 42.4 Å². The number of hydrogen-bond acceptors (Lipinski definition) is 4. The van der Waals surface area contributed by atoms with Gasteiger partial charge >= 0.3 is 7.82 Å². The first-order valence-electron chi connectivity index (χ1n) is 10.4. The van der Waals surface area contributed by atoms with E-state index in [9.17, 15) is 19.5 Å². The van der Waals surface area contributed by atoms with Crippen molar-refractivity contribution in [1.29, 1.82) is 0 Å². The van der Waals surface area contributed by atoms with Crippen molar-refractivity contribution in [3.8, 4) is 11.5 Å². The number of rotatable bonds is 7. The SMILES string of the molecule is CCCCCC(C)(C)c1cc2c(c(OP(=O)(O)O)c1)C1CCCCC(O)C1O2. The Morgan fingerprint density at radius 3 is 2.61 bits per heavy atom. The molecule has 0 bridgehead atoms. The molecule has 28 heavy (non-hydrogen) atoms. The van der Waals surface area contributed by atoms with Crippen LogP contribution >= 0.6 is 7.82 Å². The molecule has 2 aliphatic rings. The van der Waals surface area contributed by atoms with Gasteiger partial charge in [0.15, 0.2) is 0 Å². The summed E-state index contributed by atoms with van der Waals surface area (Å²) in [7, 11) is -4.71. The lowest BCUT2D eigenvalue weighted by atomic mass is 9.78. The van der Waals surface area contributed by atoms with Gasteiger partial charge in [0.2, 0.25) is 0 Å². The maximum atomic E-state index is 11.6. The molecule has 1 aromatic carbocycles. The van der Waals surface area contributed by atoms with Crippen molar-refractivity contribution in [2.75, 3.05) is 0 Å². The molecule has 1 aromatic rings. The van der Waals surface area contributed by atoms with Crippen LogP contribution in [0.2, 0.25) is 0 Å². The first-order chi connectivity index (χ1) is 13.1. The number of ether oxygens (including phenoxy) is 1. The van der Waals surface area contributed by atoms with E-state index in [0.29, 0.717) is 17.7 Å². The zero-order valence-corrected chi connectivity index (χ0v) is 18.0. The molecule has 1 heterocycles. The Kier molecular flexibility index (Phi) is 6.45. The van der Waals surface area contributed by atoms with E-state index >= 15 is 0 Å². The van der Waals surface area contributed by atoms with Crippen molar-refractivity contribution >= 4 is 7.82 Å². The van der Waals surface area contributed by atoms with Crippen molar-refractivity contribution < 1.29 is 28.7 Å². The number of phosphoric acid groups is 1. The summed E-state index contributed by atoms with van der Waals surface area (Å²) < 4.78 is 22.9. The van der Waals surface area contributed by atoms with Gasteiger partial charge in [0, 0.05) is 11.5 Å². The summed E-state index contributed by atoms with van der Waals surface area (Å²) in [6.45, 7) is 6.43. The van der Waals surface area contributed by atoms with Crippen LogP contribution in [0.5, 0.6) is 11.5 Å². The maximum Gasteiger partial charge on any atom is 0.524 e. The molecule has 1 fully saturated rings. The molecule has 0 radical (unpaired) electrons. The van der Waals surface area contributed by atoms with Crippen LogP contribution in [-0.4, -0.2) is 27.1 Å². The standard InChI is InChI=1S/C21H33O6P/c1-4-5-8-11-21(2,3)14-12-17-19(18(13-14)27-28(23,24)25)15-9-6-7-10-16(22)20(15)26-17/h12-13,15-16,20,22H,4-11H2,1-3H3,(H2,23,24,25). The summed E-state index contributed by atoms with van der Waals surface area (Å²) in [6.07, 6.45) is 6.73. The second-order valence-corrected chi connectivity index (χ2v) is 10.0. The van der Waals surface area contributed by atoms with E-state index in [1.54, 1.807) is 6.07 Å². The molecule has 1 aliphatic carbocycles. The molecular weight excluding hydrogens is 379 g/mol. The molecule has 1 aliphatic heterocycles. The van der Waals surface area contributed by atoms with Gasteiger partial charge < -0.3 is 14.4 Å². The second-order valence-electron chi connectivity index (χ2n) is 8.85. The zero-order chi connectivity index (χ0) is 20.5. The van der Waals surface area contributed by atoms with Gasteiger partial charge in [0.25, 0.3) is 0 Å². The lowest BCUT2D eigenvalue weighted by Gasteiger charge is -2.27. The fourth-order valence-electron chi connectivity index (χ4n) is 4.55. The van der Waals surface area contributed by atoms with Crippen molar-refractivity contribution in [2.24, 2.45) is 0 Å². The van der Waals surface area contributed by atoms with E-state index < -0.39 is 13.9 Å². The van der Waals surface area contributed by atoms with Gasteiger partial charge in [0.05, 0.1) is 6.10 Å². The largest absolute Gasteiger partial charge is 0.524 e. The predicted molar refractivity (Wildman–Crippen MR) is 108 cm³/mol. The van der Waals surface area contributed by atoms with Crippen molar-refractivity contribution in [3.63, 3.8) is 0 Å². The summed E-state index contributed by atoms with van der Waals surface area (Å²) in [6, 6.07) is 3.75. The van der Waals surface area contributed by atoms with Crippen LogP contribution in [-0.2, 0) is 9.98 Å². The Labute approximate surface area is 167 Å². The van der Waals surface area contributed by atoms with Crippen molar-refractivity contribution in [1.82, 2.24) is 0 Å². The van der Waals surface area contributed by atoms with E-state index in [2.05, 4.69) is 20.8 Å². The highest BCUT2D eigenvalue weighted by Crippen LogP contribution is 2.53. The third-order valence-electron chi connectivity index (χ3n) is 6.18. The first-order valence-corrected chi connectivity index (χ1v) is 11.9. The third kappa shape index (κ3) is 4.73. The van der Waals surface area contributed by atoms with Gasteiger partial charge in [0.1, 0.15) is 17.6 Å². The van der Waals surface area contributed by atoms with E-state index in [1.165, 1.54) is 0 Å². The second kappa shape index (κ2) is 8.35. The van der Waals surface area contributed by atoms with E-state index in [1.807, 2.05) is 6.07 Å². The Morgan fingerprint density at radius 1 is 1.21 bits per heavy atom. The molecule has 0 aromatic heterocycles. The summed E-state index contributed by atoms with van der Waals surface area (Å²) >= 11 is 0. The summed E-state index contributed by atoms with van der Waals surface area (Å²) in [5.74, 6) is 0.692. The maximum absolute atomic E-state index is 11.6. The fourth-order valence-corrected chi connectivity index (χ4v) is 4.96. The first kappa shape index (κ1) is 21.6. The Bertz CT molecular complexity index is 741.